The maximum atomic E-state index is 12.3. The molecule has 0 saturated carbocycles. The molecule has 5 nitrogen and oxygen atoms in total. The summed E-state index contributed by atoms with van der Waals surface area (Å²) >= 11 is 0. The number of nitrogens with one attached hydrogen (secondary N) is 2. The molecule has 4 aromatic rings. The third-order valence-electron chi connectivity index (χ3n) is 4.44. The summed E-state index contributed by atoms with van der Waals surface area (Å²) in [5.74, 6) is 0.765. The van der Waals surface area contributed by atoms with Crippen LogP contribution in [0.3, 0.4) is 0 Å². The molecule has 4 rings (SSSR count). The van der Waals surface area contributed by atoms with Gasteiger partial charge in [0.15, 0.2) is 0 Å². The number of hydrogen-bond acceptors (Lipinski definition) is 4. The molecule has 0 spiro atoms. The van der Waals surface area contributed by atoms with Gasteiger partial charge in [-0.2, -0.15) is 0 Å². The third kappa shape index (κ3) is 3.11. The van der Waals surface area contributed by atoms with Crippen LogP contribution >= 0.6 is 0 Å². The van der Waals surface area contributed by atoms with Crippen molar-refractivity contribution in [1.29, 1.82) is 0 Å². The standard InChI is InChI=1S/C21H19N3O2/c1-13-3-4-14-10-17(5-7-19(14)23-13)22-12-16-9-15-11-18(26-2)6-8-20(15)24-21(16)25/h3-11,22H,12H2,1-2H3,(H,24,25). The summed E-state index contributed by atoms with van der Waals surface area (Å²) in [7, 11) is 1.63. The van der Waals surface area contributed by atoms with Gasteiger partial charge in [0.05, 0.1) is 12.6 Å². The minimum atomic E-state index is -0.0896. The molecule has 2 aromatic heterocycles. The number of anilines is 1. The lowest BCUT2D eigenvalue weighted by Gasteiger charge is -2.09. The van der Waals surface area contributed by atoms with Gasteiger partial charge in [0.1, 0.15) is 5.75 Å². The topological polar surface area (TPSA) is 67.0 Å². The first-order valence-corrected chi connectivity index (χ1v) is 8.43. The molecule has 0 radical (unpaired) electrons. The van der Waals surface area contributed by atoms with Gasteiger partial charge in [-0.3, -0.25) is 9.78 Å². The highest BCUT2D eigenvalue weighted by atomic mass is 16.5. The lowest BCUT2D eigenvalue weighted by molar-refractivity contribution is 0.415. The van der Waals surface area contributed by atoms with Crippen molar-refractivity contribution in [1.82, 2.24) is 9.97 Å². The van der Waals surface area contributed by atoms with E-state index >= 15 is 0 Å². The predicted octanol–water partition coefficient (Wildman–Crippen LogP) is 4.01. The number of rotatable bonds is 4. The normalized spacial score (nSPS) is 11.0. The fraction of sp³-hybridized carbons (Fsp3) is 0.143. The highest BCUT2D eigenvalue weighted by Gasteiger charge is 2.05. The van der Waals surface area contributed by atoms with Crippen molar-refractivity contribution in [2.24, 2.45) is 0 Å². The molecule has 2 N–H and O–H groups in total. The summed E-state index contributed by atoms with van der Waals surface area (Å²) in [6.07, 6.45) is 0. The van der Waals surface area contributed by atoms with Crippen molar-refractivity contribution in [2.75, 3.05) is 12.4 Å². The average Bonchev–Trinajstić information content (AvgIpc) is 2.66. The Bertz CT molecular complexity index is 1160. The molecule has 5 heteroatoms. The number of H-pyrrole nitrogens is 1. The Kier molecular flexibility index (Phi) is 4.05. The number of aromatic nitrogens is 2. The van der Waals surface area contributed by atoms with Gasteiger partial charge in [-0.05, 0) is 55.5 Å². The van der Waals surface area contributed by atoms with Crippen LogP contribution < -0.4 is 15.6 Å². The van der Waals surface area contributed by atoms with E-state index in [1.165, 1.54) is 0 Å². The minimum absolute atomic E-state index is 0.0896. The molecule has 0 aliphatic heterocycles. The number of benzene rings is 2. The number of aromatic amines is 1. The first-order chi connectivity index (χ1) is 12.6. The quantitative estimate of drug-likeness (QED) is 0.586. The molecule has 0 amide bonds. The van der Waals surface area contributed by atoms with Gasteiger partial charge in [-0.15, -0.1) is 0 Å². The van der Waals surface area contributed by atoms with Crippen molar-refractivity contribution in [3.8, 4) is 5.75 Å². The van der Waals surface area contributed by atoms with Crippen molar-refractivity contribution in [3.05, 3.63) is 76.2 Å². The summed E-state index contributed by atoms with van der Waals surface area (Å²) in [5.41, 5.74) is 4.30. The Hall–Kier alpha value is -3.34. The molecule has 0 unspecified atom stereocenters. The van der Waals surface area contributed by atoms with Gasteiger partial charge in [-0.25, -0.2) is 0 Å². The molecule has 0 saturated heterocycles. The van der Waals surface area contributed by atoms with Gasteiger partial charge < -0.3 is 15.0 Å². The van der Waals surface area contributed by atoms with Crippen LogP contribution in [0.1, 0.15) is 11.3 Å². The van der Waals surface area contributed by atoms with E-state index in [2.05, 4.69) is 21.4 Å². The van der Waals surface area contributed by atoms with Gasteiger partial charge in [-0.1, -0.05) is 6.07 Å². The molecule has 130 valence electrons. The van der Waals surface area contributed by atoms with Gasteiger partial charge >= 0.3 is 0 Å². The Morgan fingerprint density at radius 2 is 1.92 bits per heavy atom. The zero-order valence-electron chi connectivity index (χ0n) is 14.7. The second-order valence-electron chi connectivity index (χ2n) is 6.29. The molecular formula is C21H19N3O2. The highest BCUT2D eigenvalue weighted by Crippen LogP contribution is 2.20. The van der Waals surface area contributed by atoms with E-state index < -0.39 is 0 Å². The van der Waals surface area contributed by atoms with E-state index in [0.717, 1.165) is 38.9 Å². The van der Waals surface area contributed by atoms with Crippen molar-refractivity contribution < 1.29 is 4.74 Å². The van der Waals surface area contributed by atoms with Crippen LogP contribution in [-0.2, 0) is 6.54 Å². The number of fused-ring (bicyclic) bond motifs is 2. The predicted molar refractivity (Wildman–Crippen MR) is 105 cm³/mol. The van der Waals surface area contributed by atoms with Crippen LogP contribution in [-0.4, -0.2) is 17.1 Å². The Morgan fingerprint density at radius 1 is 1.04 bits per heavy atom. The van der Waals surface area contributed by atoms with E-state index in [0.29, 0.717) is 12.1 Å². The molecule has 0 bridgehead atoms. The van der Waals surface area contributed by atoms with Crippen LogP contribution in [0.2, 0.25) is 0 Å². The van der Waals surface area contributed by atoms with Crippen molar-refractivity contribution in [3.63, 3.8) is 0 Å². The summed E-state index contributed by atoms with van der Waals surface area (Å²) in [4.78, 5) is 19.7. The SMILES string of the molecule is COc1ccc2[nH]c(=O)c(CNc3ccc4nc(C)ccc4c3)cc2c1. The number of methoxy groups -OCH3 is 1. The second-order valence-corrected chi connectivity index (χ2v) is 6.29. The first kappa shape index (κ1) is 16.1. The van der Waals surface area contributed by atoms with Crippen molar-refractivity contribution in [2.45, 2.75) is 13.5 Å². The van der Waals surface area contributed by atoms with E-state index in [-0.39, 0.29) is 5.56 Å². The molecular weight excluding hydrogens is 326 g/mol. The molecule has 0 fully saturated rings. The smallest absolute Gasteiger partial charge is 0.253 e. The summed E-state index contributed by atoms with van der Waals surface area (Å²) in [6, 6.07) is 17.6. The van der Waals surface area contributed by atoms with E-state index in [4.69, 9.17) is 4.74 Å². The monoisotopic (exact) mass is 345 g/mol. The van der Waals surface area contributed by atoms with Crippen LogP contribution in [0.25, 0.3) is 21.8 Å². The Balaban J connectivity index is 1.61. The zero-order chi connectivity index (χ0) is 18.1. The maximum absolute atomic E-state index is 12.3. The summed E-state index contributed by atoms with van der Waals surface area (Å²) in [5, 5.41) is 5.33. The highest BCUT2D eigenvalue weighted by molar-refractivity contribution is 5.83. The number of nitrogens with zero attached hydrogens (tertiary/aromatic N) is 1. The molecule has 0 atom stereocenters. The fourth-order valence-corrected chi connectivity index (χ4v) is 3.02. The number of hydrogen-bond donors (Lipinski definition) is 2. The fourth-order valence-electron chi connectivity index (χ4n) is 3.02. The average molecular weight is 345 g/mol. The maximum Gasteiger partial charge on any atom is 0.253 e. The number of aryl methyl sites for hydroxylation is 1. The molecule has 0 aliphatic rings. The minimum Gasteiger partial charge on any atom is -0.497 e. The van der Waals surface area contributed by atoms with Crippen molar-refractivity contribution >= 4 is 27.5 Å². The van der Waals surface area contributed by atoms with E-state index in [1.54, 1.807) is 7.11 Å². The van der Waals surface area contributed by atoms with Crippen LogP contribution in [0.15, 0.2) is 59.4 Å². The van der Waals surface area contributed by atoms with Gasteiger partial charge in [0.25, 0.3) is 5.56 Å². The third-order valence-corrected chi connectivity index (χ3v) is 4.44. The summed E-state index contributed by atoms with van der Waals surface area (Å²) < 4.78 is 5.26. The Labute approximate surface area is 150 Å². The molecule has 0 aliphatic carbocycles. The largest absolute Gasteiger partial charge is 0.497 e. The lowest BCUT2D eigenvalue weighted by Crippen LogP contribution is -2.15. The zero-order valence-corrected chi connectivity index (χ0v) is 14.7. The van der Waals surface area contributed by atoms with Gasteiger partial charge in [0.2, 0.25) is 0 Å². The van der Waals surface area contributed by atoms with E-state index in [9.17, 15) is 4.79 Å². The van der Waals surface area contributed by atoms with E-state index in [1.807, 2.05) is 55.5 Å². The second kappa shape index (κ2) is 6.52. The van der Waals surface area contributed by atoms with Gasteiger partial charge in [0, 0.05) is 39.8 Å². The molecule has 2 aromatic carbocycles. The first-order valence-electron chi connectivity index (χ1n) is 8.43. The van der Waals surface area contributed by atoms with Crippen LogP contribution in [0, 0.1) is 6.92 Å². The molecule has 2 heterocycles. The lowest BCUT2D eigenvalue weighted by atomic mass is 10.1. The van der Waals surface area contributed by atoms with Crippen LogP contribution in [0.5, 0.6) is 5.75 Å². The number of ether oxygens (including phenoxy) is 1. The summed E-state index contributed by atoms with van der Waals surface area (Å²) in [6.45, 7) is 2.42. The number of pyridine rings is 2. The van der Waals surface area contributed by atoms with Crippen LogP contribution in [0.4, 0.5) is 5.69 Å². The molecule has 26 heavy (non-hydrogen) atoms. The Morgan fingerprint density at radius 3 is 2.77 bits per heavy atom.